The summed E-state index contributed by atoms with van der Waals surface area (Å²) in [5, 5.41) is 0. The lowest BCUT2D eigenvalue weighted by molar-refractivity contribution is 0.0552. The molecule has 1 fully saturated rings. The van der Waals surface area contributed by atoms with Gasteiger partial charge >= 0.3 is 0 Å². The van der Waals surface area contributed by atoms with Crippen LogP contribution in [0.25, 0.3) is 0 Å². The van der Waals surface area contributed by atoms with E-state index in [4.69, 9.17) is 9.57 Å². The summed E-state index contributed by atoms with van der Waals surface area (Å²) >= 11 is 0. The monoisotopic (exact) mass is 117 g/mol. The molecule has 0 aromatic rings. The molecule has 1 heterocycles. The van der Waals surface area contributed by atoms with Crippen molar-refractivity contribution in [3.05, 3.63) is 0 Å². The van der Waals surface area contributed by atoms with Gasteiger partial charge in [-0.3, -0.25) is 0 Å². The molecule has 0 aliphatic carbocycles. The smallest absolute Gasteiger partial charge is 0.0643 e. The van der Waals surface area contributed by atoms with Gasteiger partial charge in [0, 0.05) is 6.61 Å². The highest BCUT2D eigenvalue weighted by Crippen LogP contribution is 2.01. The number of rotatable bonds is 2. The second-order valence-corrected chi connectivity index (χ2v) is 1.88. The van der Waals surface area contributed by atoms with E-state index in [1.165, 1.54) is 0 Å². The van der Waals surface area contributed by atoms with E-state index in [1.807, 2.05) is 0 Å². The lowest BCUT2D eigenvalue weighted by atomic mass is 10.3. The van der Waals surface area contributed by atoms with Crippen LogP contribution < -0.4 is 5.48 Å². The summed E-state index contributed by atoms with van der Waals surface area (Å²) in [6.45, 7) is 1.65. The van der Waals surface area contributed by atoms with Crippen LogP contribution in [-0.2, 0) is 9.57 Å². The summed E-state index contributed by atoms with van der Waals surface area (Å²) in [5.41, 5.74) is 2.82. The summed E-state index contributed by atoms with van der Waals surface area (Å²) in [7, 11) is 1.62. The fourth-order valence-electron chi connectivity index (χ4n) is 0.794. The third kappa shape index (κ3) is 1.43. The Kier molecular flexibility index (Phi) is 2.27. The molecule has 0 radical (unpaired) electrons. The number of hydrogen-bond acceptors (Lipinski definition) is 3. The molecule has 3 nitrogen and oxygen atoms in total. The maximum absolute atomic E-state index is 5.07. The van der Waals surface area contributed by atoms with Gasteiger partial charge in [0.1, 0.15) is 0 Å². The largest absolute Gasteiger partial charge is 0.380 e. The average Bonchev–Trinajstić information content (AvgIpc) is 2.19. The van der Waals surface area contributed by atoms with E-state index in [-0.39, 0.29) is 0 Å². The molecule has 1 saturated heterocycles. The van der Waals surface area contributed by atoms with Crippen molar-refractivity contribution in [2.45, 2.75) is 12.5 Å². The first-order chi connectivity index (χ1) is 3.93. The fourth-order valence-corrected chi connectivity index (χ4v) is 0.794. The van der Waals surface area contributed by atoms with Crippen LogP contribution >= 0.6 is 0 Å². The Morgan fingerprint density at radius 2 is 2.62 bits per heavy atom. The molecular weight excluding hydrogens is 106 g/mol. The maximum atomic E-state index is 5.07. The molecule has 0 bridgehead atoms. The van der Waals surface area contributed by atoms with E-state index in [0.29, 0.717) is 6.04 Å². The first-order valence-corrected chi connectivity index (χ1v) is 2.79. The molecule has 48 valence electrons. The van der Waals surface area contributed by atoms with Crippen molar-refractivity contribution >= 4 is 0 Å². The zero-order valence-corrected chi connectivity index (χ0v) is 5.02. The summed E-state index contributed by atoms with van der Waals surface area (Å²) in [6.07, 6.45) is 1.06. The number of hydrogen-bond donors (Lipinski definition) is 1. The van der Waals surface area contributed by atoms with Crippen LogP contribution in [0.15, 0.2) is 0 Å². The molecule has 8 heavy (non-hydrogen) atoms. The molecule has 1 atom stereocenters. The third-order valence-electron chi connectivity index (χ3n) is 1.21. The van der Waals surface area contributed by atoms with Crippen molar-refractivity contribution in [3.63, 3.8) is 0 Å². The van der Waals surface area contributed by atoms with Crippen LogP contribution in [0.5, 0.6) is 0 Å². The Balaban J connectivity index is 2.06. The fraction of sp³-hybridized carbons (Fsp3) is 1.00. The minimum Gasteiger partial charge on any atom is -0.380 e. The average molecular weight is 117 g/mol. The van der Waals surface area contributed by atoms with Crippen LogP contribution in [0, 0.1) is 0 Å². The Morgan fingerprint density at radius 1 is 1.75 bits per heavy atom. The zero-order valence-electron chi connectivity index (χ0n) is 5.02. The highest BCUT2D eigenvalue weighted by atomic mass is 16.6. The number of hydroxylamine groups is 1. The Hall–Kier alpha value is -0.120. The lowest BCUT2D eigenvalue weighted by Gasteiger charge is -2.05. The quantitative estimate of drug-likeness (QED) is 0.513. The minimum absolute atomic E-state index is 0.417. The Bertz CT molecular complexity index is 61.4. The second kappa shape index (κ2) is 3.02. The Labute approximate surface area is 48.9 Å². The van der Waals surface area contributed by atoms with Gasteiger partial charge in [-0.1, -0.05) is 0 Å². The van der Waals surface area contributed by atoms with Crippen molar-refractivity contribution < 1.29 is 9.57 Å². The highest BCUT2D eigenvalue weighted by molar-refractivity contribution is 4.65. The van der Waals surface area contributed by atoms with Crippen molar-refractivity contribution in [1.82, 2.24) is 5.48 Å². The normalized spacial score (nSPS) is 28.9. The van der Waals surface area contributed by atoms with E-state index in [2.05, 4.69) is 5.48 Å². The van der Waals surface area contributed by atoms with Gasteiger partial charge in [-0.15, -0.1) is 0 Å². The third-order valence-corrected chi connectivity index (χ3v) is 1.21. The van der Waals surface area contributed by atoms with E-state index in [0.717, 1.165) is 19.6 Å². The molecule has 0 aromatic carbocycles. The molecule has 1 aliphatic rings. The van der Waals surface area contributed by atoms with Crippen molar-refractivity contribution in [2.24, 2.45) is 0 Å². The van der Waals surface area contributed by atoms with Gasteiger partial charge in [0.05, 0.1) is 19.8 Å². The van der Waals surface area contributed by atoms with Crippen LogP contribution in [0.4, 0.5) is 0 Å². The van der Waals surface area contributed by atoms with E-state index in [9.17, 15) is 0 Å². The second-order valence-electron chi connectivity index (χ2n) is 1.88. The lowest BCUT2D eigenvalue weighted by Crippen LogP contribution is -2.27. The molecule has 1 N–H and O–H groups in total. The van der Waals surface area contributed by atoms with Gasteiger partial charge in [0.2, 0.25) is 0 Å². The first kappa shape index (κ1) is 6.01. The van der Waals surface area contributed by atoms with Gasteiger partial charge in [0.15, 0.2) is 0 Å². The predicted molar refractivity (Wildman–Crippen MR) is 29.4 cm³/mol. The van der Waals surface area contributed by atoms with Gasteiger partial charge in [-0.2, -0.15) is 5.48 Å². The van der Waals surface area contributed by atoms with Gasteiger partial charge in [0.25, 0.3) is 0 Å². The maximum Gasteiger partial charge on any atom is 0.0643 e. The number of nitrogens with one attached hydrogen (secondary N) is 1. The summed E-state index contributed by atoms with van der Waals surface area (Å²) in [6, 6.07) is 0.417. The molecule has 0 saturated carbocycles. The van der Waals surface area contributed by atoms with Crippen molar-refractivity contribution in [2.75, 3.05) is 20.3 Å². The first-order valence-electron chi connectivity index (χ1n) is 2.79. The molecular formula is C5H11NO2. The molecule has 3 heteroatoms. The van der Waals surface area contributed by atoms with Crippen LogP contribution in [0.2, 0.25) is 0 Å². The summed E-state index contributed by atoms with van der Waals surface area (Å²) < 4.78 is 5.07. The molecule has 1 unspecified atom stereocenters. The summed E-state index contributed by atoms with van der Waals surface area (Å²) in [4.78, 5) is 4.70. The van der Waals surface area contributed by atoms with Gasteiger partial charge < -0.3 is 9.57 Å². The zero-order chi connectivity index (χ0) is 5.82. The standard InChI is InChI=1S/C5H11NO2/c1-7-6-5-2-3-8-4-5/h5-6H,2-4H2,1H3. The molecule has 1 rings (SSSR count). The molecule has 1 aliphatic heterocycles. The van der Waals surface area contributed by atoms with E-state index < -0.39 is 0 Å². The van der Waals surface area contributed by atoms with Gasteiger partial charge in [-0.05, 0) is 6.42 Å². The molecule has 0 amide bonds. The van der Waals surface area contributed by atoms with Crippen molar-refractivity contribution in [3.8, 4) is 0 Å². The SMILES string of the molecule is CONC1CCOC1. The Morgan fingerprint density at radius 3 is 3.12 bits per heavy atom. The molecule has 0 spiro atoms. The highest BCUT2D eigenvalue weighted by Gasteiger charge is 2.13. The van der Waals surface area contributed by atoms with E-state index in [1.54, 1.807) is 7.11 Å². The van der Waals surface area contributed by atoms with E-state index >= 15 is 0 Å². The van der Waals surface area contributed by atoms with Gasteiger partial charge in [-0.25, -0.2) is 0 Å². The van der Waals surface area contributed by atoms with Crippen molar-refractivity contribution in [1.29, 1.82) is 0 Å². The molecule has 0 aromatic heterocycles. The van der Waals surface area contributed by atoms with Crippen LogP contribution in [0.3, 0.4) is 0 Å². The van der Waals surface area contributed by atoms with Crippen LogP contribution in [-0.4, -0.2) is 26.4 Å². The topological polar surface area (TPSA) is 30.5 Å². The summed E-state index contributed by atoms with van der Waals surface area (Å²) in [5.74, 6) is 0. The number of ether oxygens (including phenoxy) is 1. The minimum atomic E-state index is 0.417. The predicted octanol–water partition coefficient (Wildman–Crippen LogP) is -0.0737. The van der Waals surface area contributed by atoms with Crippen LogP contribution in [0.1, 0.15) is 6.42 Å².